The van der Waals surface area contributed by atoms with Gasteiger partial charge in [0.25, 0.3) is 0 Å². The summed E-state index contributed by atoms with van der Waals surface area (Å²) in [6, 6.07) is 0. The number of rotatable bonds is 8. The second kappa shape index (κ2) is 20.0. The number of aliphatic hydroxyl groups excluding tert-OH is 2. The lowest BCUT2D eigenvalue weighted by atomic mass is 9.66. The molecular weight excluding hydrogens is 801 g/mol. The van der Waals surface area contributed by atoms with Gasteiger partial charge >= 0.3 is 5.97 Å². The van der Waals surface area contributed by atoms with Crippen molar-refractivity contribution in [3.8, 4) is 0 Å². The van der Waals surface area contributed by atoms with E-state index in [1.54, 1.807) is 21.1 Å². The molecule has 62 heavy (non-hydrogen) atoms. The van der Waals surface area contributed by atoms with Crippen molar-refractivity contribution in [1.82, 2.24) is 0 Å². The molecule has 5 saturated heterocycles. The molecule has 3 N–H and O–H groups in total. The van der Waals surface area contributed by atoms with Gasteiger partial charge in [-0.1, -0.05) is 65.3 Å². The molecule has 7 aliphatic rings. The highest BCUT2D eigenvalue weighted by Gasteiger charge is 2.62. The normalized spacial score (nSPS) is 49.9. The smallest absolute Gasteiger partial charge is 0.312 e. The number of hydrogen-bond donors (Lipinski definition) is 3. The molecule has 0 aromatic carbocycles. The molecule has 1 saturated carbocycles. The molecule has 2 bridgehead atoms. The standard InChI is InChI=1S/C48H76O14/c1-11-25(2)43-28(5)17-18-47(62-43)23-34-20-33(61-47)16-15-27(4)42(26(3)13-12-14-32-24-55-45-40(49)29(6)19-35(46(51)58-34)48(32,45)52)59-39-22-37(54-10)44(31(8)57-39)60-38-21-36(53-9)41(50)30(7)56-38/h12-15,25-26,28-31,33-45,49-50,52H,11,16-24H2,1-10H3/b13-12-,27-15-,32-14?/t25-,26-,28-,29?,30-,31-,33+,34-,35-,36-,37-,38-,39-,40+,41-,42-,43+,44-,45+,47+,48+/m0/s1. The Morgan fingerprint density at radius 3 is 2.32 bits per heavy atom. The number of hydrogen-bond acceptors (Lipinski definition) is 14. The van der Waals surface area contributed by atoms with Crippen LogP contribution in [-0.4, -0.2) is 139 Å². The molecule has 0 aromatic heterocycles. The minimum Gasteiger partial charge on any atom is -0.462 e. The van der Waals surface area contributed by atoms with Gasteiger partial charge in [-0.2, -0.15) is 0 Å². The van der Waals surface area contributed by atoms with E-state index >= 15 is 0 Å². The summed E-state index contributed by atoms with van der Waals surface area (Å²) in [5, 5.41) is 34.4. The maximum atomic E-state index is 14.4. The lowest BCUT2D eigenvalue weighted by Gasteiger charge is -2.51. The van der Waals surface area contributed by atoms with Crippen LogP contribution >= 0.6 is 0 Å². The first kappa shape index (κ1) is 48.2. The zero-order chi connectivity index (χ0) is 44.7. The van der Waals surface area contributed by atoms with Crippen molar-refractivity contribution in [3.63, 3.8) is 0 Å². The van der Waals surface area contributed by atoms with E-state index < -0.39 is 90.8 Å². The molecule has 1 aliphatic carbocycles. The Morgan fingerprint density at radius 2 is 1.60 bits per heavy atom. The Balaban J connectivity index is 1.17. The van der Waals surface area contributed by atoms with Gasteiger partial charge in [0.2, 0.25) is 0 Å². The highest BCUT2D eigenvalue weighted by atomic mass is 16.7. The van der Waals surface area contributed by atoms with Crippen LogP contribution in [0.5, 0.6) is 0 Å². The van der Waals surface area contributed by atoms with Crippen LogP contribution < -0.4 is 0 Å². The lowest BCUT2D eigenvalue weighted by molar-refractivity contribution is -0.341. The van der Waals surface area contributed by atoms with Crippen LogP contribution in [-0.2, 0) is 52.2 Å². The van der Waals surface area contributed by atoms with Crippen LogP contribution in [0, 0.1) is 29.6 Å². The van der Waals surface area contributed by atoms with Crippen molar-refractivity contribution in [2.24, 2.45) is 29.6 Å². The third-order valence-electron chi connectivity index (χ3n) is 15.3. The monoisotopic (exact) mass is 877 g/mol. The number of methoxy groups -OCH3 is 2. The second-order valence-electron chi connectivity index (χ2n) is 19.8. The fraction of sp³-hybridized carbons (Fsp3) is 0.854. The van der Waals surface area contributed by atoms with Gasteiger partial charge in [0, 0.05) is 52.2 Å². The summed E-state index contributed by atoms with van der Waals surface area (Å²) in [4.78, 5) is 14.4. The summed E-state index contributed by atoms with van der Waals surface area (Å²) in [7, 11) is 3.23. The zero-order valence-corrected chi connectivity index (χ0v) is 38.7. The Labute approximate surface area is 368 Å². The van der Waals surface area contributed by atoms with Crippen LogP contribution in [0.15, 0.2) is 35.5 Å². The molecule has 352 valence electrons. The SMILES string of the molecule is CC[C@H](C)[C@H]1O[C@]2(CC[C@@H]1C)C[C@@H]1C[C@@H](C/C=C(/C)[C@@H](O[C@H]3C[C@H](OC)[C@@H](O[C@H]4C[C@H](OC)[C@@H](O)[C@H](C)O4)[C@H](C)O3)[C@@H](C)/C=C\C=C3CO[C@@H]4[C@H](O)C(C)C[C@@H](C(=O)O1)[C@]34O)O2. The van der Waals surface area contributed by atoms with E-state index in [1.165, 1.54) is 0 Å². The fourth-order valence-corrected chi connectivity index (χ4v) is 11.3. The second-order valence-corrected chi connectivity index (χ2v) is 19.8. The van der Waals surface area contributed by atoms with E-state index in [4.69, 9.17) is 47.4 Å². The van der Waals surface area contributed by atoms with Gasteiger partial charge < -0.3 is 62.7 Å². The number of carbonyl (C=O) groups excluding carboxylic acids is 1. The molecule has 1 unspecified atom stereocenters. The van der Waals surface area contributed by atoms with Crippen LogP contribution in [0.25, 0.3) is 0 Å². The van der Waals surface area contributed by atoms with Crippen molar-refractivity contribution >= 4 is 5.97 Å². The molecular formula is C48H76O14. The van der Waals surface area contributed by atoms with E-state index in [1.807, 2.05) is 32.1 Å². The average Bonchev–Trinajstić information content (AvgIpc) is 3.58. The van der Waals surface area contributed by atoms with E-state index in [2.05, 4.69) is 40.7 Å². The summed E-state index contributed by atoms with van der Waals surface area (Å²) in [6.45, 7) is 16.5. The Hall–Kier alpha value is -1.79. The highest BCUT2D eigenvalue weighted by Crippen LogP contribution is 2.50. The summed E-state index contributed by atoms with van der Waals surface area (Å²) in [6.07, 6.45) is 5.62. The van der Waals surface area contributed by atoms with Gasteiger partial charge in [-0.25, -0.2) is 0 Å². The Morgan fingerprint density at radius 1 is 0.887 bits per heavy atom. The number of carbonyl (C=O) groups is 1. The number of aliphatic hydroxyl groups is 3. The molecule has 6 fully saturated rings. The van der Waals surface area contributed by atoms with Crippen molar-refractivity contribution in [2.45, 2.75) is 210 Å². The molecule has 0 amide bonds. The maximum absolute atomic E-state index is 14.4. The first-order chi connectivity index (χ1) is 29.5. The van der Waals surface area contributed by atoms with Crippen LogP contribution in [0.1, 0.15) is 113 Å². The van der Waals surface area contributed by atoms with Gasteiger partial charge in [0.05, 0.1) is 61.4 Å². The molecule has 6 aliphatic heterocycles. The largest absolute Gasteiger partial charge is 0.462 e. The minimum absolute atomic E-state index is 0.00243. The van der Waals surface area contributed by atoms with Crippen LogP contribution in [0.3, 0.4) is 0 Å². The van der Waals surface area contributed by atoms with Gasteiger partial charge in [-0.15, -0.1) is 0 Å². The first-order valence-electron chi connectivity index (χ1n) is 23.5. The molecule has 21 atom stereocenters. The molecule has 7 rings (SSSR count). The van der Waals surface area contributed by atoms with Crippen LogP contribution in [0.2, 0.25) is 0 Å². The molecule has 14 nitrogen and oxygen atoms in total. The average molecular weight is 877 g/mol. The van der Waals surface area contributed by atoms with Crippen molar-refractivity contribution in [3.05, 3.63) is 35.5 Å². The lowest BCUT2D eigenvalue weighted by Crippen LogP contribution is -2.61. The minimum atomic E-state index is -1.75. The van der Waals surface area contributed by atoms with Crippen molar-refractivity contribution in [2.75, 3.05) is 20.8 Å². The molecule has 6 heterocycles. The highest BCUT2D eigenvalue weighted by molar-refractivity contribution is 5.76. The predicted octanol–water partition coefficient (Wildman–Crippen LogP) is 5.68. The van der Waals surface area contributed by atoms with Gasteiger partial charge in [0.15, 0.2) is 18.4 Å². The van der Waals surface area contributed by atoms with E-state index in [-0.39, 0.29) is 43.2 Å². The van der Waals surface area contributed by atoms with Crippen molar-refractivity contribution < 1.29 is 67.5 Å². The predicted molar refractivity (Wildman–Crippen MR) is 227 cm³/mol. The summed E-state index contributed by atoms with van der Waals surface area (Å²) < 4.78 is 64.1. The van der Waals surface area contributed by atoms with Crippen molar-refractivity contribution in [1.29, 1.82) is 0 Å². The van der Waals surface area contributed by atoms with Gasteiger partial charge in [0.1, 0.15) is 30.0 Å². The third kappa shape index (κ3) is 9.83. The summed E-state index contributed by atoms with van der Waals surface area (Å²) >= 11 is 0. The Kier molecular flexibility index (Phi) is 15.5. The number of esters is 1. The summed E-state index contributed by atoms with van der Waals surface area (Å²) in [5.41, 5.74) is -0.233. The third-order valence-corrected chi connectivity index (χ3v) is 15.3. The molecule has 0 aromatic rings. The number of allylic oxidation sites excluding steroid dienone is 2. The van der Waals surface area contributed by atoms with E-state index in [0.29, 0.717) is 55.9 Å². The summed E-state index contributed by atoms with van der Waals surface area (Å²) in [5.74, 6) is -2.11. The molecule has 14 heteroatoms. The maximum Gasteiger partial charge on any atom is 0.312 e. The fourth-order valence-electron chi connectivity index (χ4n) is 11.3. The van der Waals surface area contributed by atoms with Gasteiger partial charge in [-0.05, 0) is 68.9 Å². The van der Waals surface area contributed by atoms with E-state index in [0.717, 1.165) is 18.4 Å². The molecule has 0 radical (unpaired) electrons. The zero-order valence-electron chi connectivity index (χ0n) is 38.7. The quantitative estimate of drug-likeness (QED) is 0.201. The van der Waals surface area contributed by atoms with Gasteiger partial charge in [-0.3, -0.25) is 4.79 Å². The number of fused-ring (bicyclic) bond motifs is 2. The number of ether oxygens (including phenoxy) is 10. The first-order valence-corrected chi connectivity index (χ1v) is 23.5. The Bertz CT molecular complexity index is 1610. The molecule has 1 spiro atoms. The van der Waals surface area contributed by atoms with E-state index in [9.17, 15) is 20.1 Å². The van der Waals surface area contributed by atoms with Crippen LogP contribution in [0.4, 0.5) is 0 Å². The topological polar surface area (TPSA) is 170 Å².